The van der Waals surface area contributed by atoms with Gasteiger partial charge < -0.3 is 9.64 Å². The van der Waals surface area contributed by atoms with Crippen molar-refractivity contribution in [2.24, 2.45) is 5.92 Å². The smallest absolute Gasteiger partial charge is 0.317 e. The van der Waals surface area contributed by atoms with Crippen LogP contribution in [0, 0.1) is 9.49 Å². The van der Waals surface area contributed by atoms with Gasteiger partial charge in [-0.1, -0.05) is 0 Å². The third-order valence-electron chi connectivity index (χ3n) is 3.12. The highest BCUT2D eigenvalue weighted by Gasteiger charge is 2.40. The molecule has 0 saturated carbocycles. The number of piperidine rings is 1. The summed E-state index contributed by atoms with van der Waals surface area (Å²) < 4.78 is 5.87. The Morgan fingerprint density at radius 3 is 2.60 bits per heavy atom. The van der Waals surface area contributed by atoms with Crippen molar-refractivity contribution in [3.05, 3.63) is 27.8 Å². The number of esters is 1. The molecule has 0 radical (unpaired) electrons. The van der Waals surface area contributed by atoms with Crippen molar-refractivity contribution in [3.8, 4) is 0 Å². The number of carbonyl (C=O) groups excluding carboxylic acids is 3. The number of amides is 1. The molecule has 106 valence electrons. The first kappa shape index (κ1) is 15.0. The highest BCUT2D eigenvalue weighted by molar-refractivity contribution is 14.1. The van der Waals surface area contributed by atoms with E-state index in [0.29, 0.717) is 18.7 Å². The van der Waals surface area contributed by atoms with Crippen molar-refractivity contribution in [3.63, 3.8) is 0 Å². The summed E-state index contributed by atoms with van der Waals surface area (Å²) in [5.41, 5.74) is 0.672. The number of rotatable bonds is 3. The lowest BCUT2D eigenvalue weighted by molar-refractivity contribution is -0.155. The van der Waals surface area contributed by atoms with E-state index < -0.39 is 23.6 Å². The molecule has 1 aromatic carbocycles. The van der Waals surface area contributed by atoms with E-state index in [1.165, 1.54) is 4.90 Å². The first-order valence-corrected chi connectivity index (χ1v) is 7.40. The van der Waals surface area contributed by atoms with Crippen molar-refractivity contribution in [2.75, 3.05) is 18.1 Å². The van der Waals surface area contributed by atoms with E-state index in [0.717, 1.165) is 3.57 Å². The van der Waals surface area contributed by atoms with Gasteiger partial charge in [0.15, 0.2) is 0 Å². The van der Waals surface area contributed by atoms with Gasteiger partial charge in [-0.15, -0.1) is 0 Å². The van der Waals surface area contributed by atoms with E-state index in [9.17, 15) is 14.4 Å². The number of ketones is 1. The normalized spacial score (nSPS) is 19.1. The molecule has 1 amide bonds. The Balaban J connectivity index is 2.15. The Morgan fingerprint density at radius 1 is 1.35 bits per heavy atom. The Kier molecular flexibility index (Phi) is 4.74. The molecule has 1 aromatic rings. The molecule has 1 fully saturated rings. The maximum absolute atomic E-state index is 12.1. The van der Waals surface area contributed by atoms with Gasteiger partial charge >= 0.3 is 5.97 Å². The monoisotopic (exact) mass is 387 g/mol. The van der Waals surface area contributed by atoms with Crippen molar-refractivity contribution < 1.29 is 19.1 Å². The van der Waals surface area contributed by atoms with Gasteiger partial charge in [0.05, 0.1) is 6.61 Å². The largest absolute Gasteiger partial charge is 0.465 e. The molecule has 1 atom stereocenters. The van der Waals surface area contributed by atoms with Crippen molar-refractivity contribution in [1.29, 1.82) is 0 Å². The molecule has 1 unspecified atom stereocenters. The summed E-state index contributed by atoms with van der Waals surface area (Å²) in [5.74, 6) is -2.89. The van der Waals surface area contributed by atoms with Crippen LogP contribution in [0.4, 0.5) is 5.69 Å². The van der Waals surface area contributed by atoms with E-state index in [2.05, 4.69) is 22.6 Å². The molecule has 0 aromatic heterocycles. The number of carbonyl (C=O) groups is 3. The van der Waals surface area contributed by atoms with Gasteiger partial charge in [-0.25, -0.2) is 0 Å². The molecule has 1 aliphatic heterocycles. The second-order valence-corrected chi connectivity index (χ2v) is 5.64. The van der Waals surface area contributed by atoms with Crippen LogP contribution >= 0.6 is 22.6 Å². The zero-order chi connectivity index (χ0) is 14.7. The topological polar surface area (TPSA) is 63.7 Å². The molecule has 0 N–H and O–H groups in total. The van der Waals surface area contributed by atoms with Gasteiger partial charge in [0.2, 0.25) is 5.78 Å². The molecule has 0 spiro atoms. The Labute approximate surface area is 130 Å². The molecule has 0 bridgehead atoms. The number of ether oxygens (including phenoxy) is 1. The van der Waals surface area contributed by atoms with Crippen LogP contribution in [-0.2, 0) is 19.1 Å². The number of hydrogen-bond donors (Lipinski definition) is 0. The van der Waals surface area contributed by atoms with E-state index in [4.69, 9.17) is 4.74 Å². The lowest BCUT2D eigenvalue weighted by Crippen LogP contribution is -2.49. The molecule has 1 heterocycles. The SMILES string of the molecule is CCOC(=O)C1CCN(c2ccc(I)cc2)C(=O)C1=O. The summed E-state index contributed by atoms with van der Waals surface area (Å²) in [7, 11) is 0. The van der Waals surface area contributed by atoms with Crippen LogP contribution in [0.3, 0.4) is 0 Å². The number of halogens is 1. The summed E-state index contributed by atoms with van der Waals surface area (Å²) in [5, 5.41) is 0. The second kappa shape index (κ2) is 6.34. The van der Waals surface area contributed by atoms with Crippen molar-refractivity contribution >= 4 is 45.9 Å². The van der Waals surface area contributed by atoms with Gasteiger partial charge in [0.1, 0.15) is 5.92 Å². The minimum absolute atomic E-state index is 0.206. The summed E-state index contributed by atoms with van der Waals surface area (Å²) in [6, 6.07) is 7.31. The summed E-state index contributed by atoms with van der Waals surface area (Å²) in [4.78, 5) is 37.1. The highest BCUT2D eigenvalue weighted by atomic mass is 127. The fraction of sp³-hybridized carbons (Fsp3) is 0.357. The van der Waals surface area contributed by atoms with E-state index in [1.807, 2.05) is 12.1 Å². The summed E-state index contributed by atoms with van der Waals surface area (Å²) >= 11 is 2.17. The third kappa shape index (κ3) is 3.00. The van der Waals surface area contributed by atoms with Gasteiger partial charge in [-0.3, -0.25) is 14.4 Å². The van der Waals surface area contributed by atoms with Crippen LogP contribution in [0.2, 0.25) is 0 Å². The number of hydrogen-bond acceptors (Lipinski definition) is 4. The van der Waals surface area contributed by atoms with Crippen LogP contribution in [-0.4, -0.2) is 30.8 Å². The first-order valence-electron chi connectivity index (χ1n) is 6.32. The molecule has 1 aliphatic rings. The first-order chi connectivity index (χ1) is 9.54. The molecule has 6 heteroatoms. The second-order valence-electron chi connectivity index (χ2n) is 4.39. The third-order valence-corrected chi connectivity index (χ3v) is 3.84. The Bertz CT molecular complexity index is 541. The lowest BCUT2D eigenvalue weighted by Gasteiger charge is -2.29. The molecule has 20 heavy (non-hydrogen) atoms. The quantitative estimate of drug-likeness (QED) is 0.343. The van der Waals surface area contributed by atoms with Crippen LogP contribution < -0.4 is 4.90 Å². The molecular formula is C14H14INO4. The van der Waals surface area contributed by atoms with E-state index in [-0.39, 0.29) is 6.61 Å². The van der Waals surface area contributed by atoms with Crippen LogP contribution in [0.5, 0.6) is 0 Å². The highest BCUT2D eigenvalue weighted by Crippen LogP contribution is 2.24. The molecule has 1 saturated heterocycles. The van der Waals surface area contributed by atoms with Gasteiger partial charge in [-0.2, -0.15) is 0 Å². The van der Waals surface area contributed by atoms with Crippen LogP contribution in [0.1, 0.15) is 13.3 Å². The van der Waals surface area contributed by atoms with Crippen LogP contribution in [0.15, 0.2) is 24.3 Å². The van der Waals surface area contributed by atoms with Crippen LogP contribution in [0.25, 0.3) is 0 Å². The van der Waals surface area contributed by atoms with Crippen molar-refractivity contribution in [1.82, 2.24) is 0 Å². The zero-order valence-electron chi connectivity index (χ0n) is 11.0. The molecule has 2 rings (SSSR count). The predicted molar refractivity (Wildman–Crippen MR) is 81.3 cm³/mol. The van der Waals surface area contributed by atoms with Gasteiger partial charge in [0, 0.05) is 15.8 Å². The van der Waals surface area contributed by atoms with E-state index >= 15 is 0 Å². The van der Waals surface area contributed by atoms with Gasteiger partial charge in [0.25, 0.3) is 5.91 Å². The Morgan fingerprint density at radius 2 is 2.00 bits per heavy atom. The van der Waals surface area contributed by atoms with Crippen molar-refractivity contribution in [2.45, 2.75) is 13.3 Å². The number of Topliss-reactive ketones (excluding diaryl/α,β-unsaturated/α-hetero) is 1. The average molecular weight is 387 g/mol. The number of nitrogens with zero attached hydrogens (tertiary/aromatic N) is 1. The lowest BCUT2D eigenvalue weighted by atomic mass is 9.94. The van der Waals surface area contributed by atoms with Gasteiger partial charge in [-0.05, 0) is 60.2 Å². The van der Waals surface area contributed by atoms with E-state index in [1.54, 1.807) is 19.1 Å². The molecular weight excluding hydrogens is 373 g/mol. The fourth-order valence-corrected chi connectivity index (χ4v) is 2.47. The molecule has 0 aliphatic carbocycles. The summed E-state index contributed by atoms with van der Waals surface area (Å²) in [6.45, 7) is 2.22. The minimum atomic E-state index is -0.956. The molecule has 5 nitrogen and oxygen atoms in total. The standard InChI is InChI=1S/C14H14INO4/c1-2-20-14(19)11-7-8-16(13(18)12(11)17)10-5-3-9(15)4-6-10/h3-6,11H,2,7-8H2,1H3. The average Bonchev–Trinajstić information content (AvgIpc) is 2.43. The maximum Gasteiger partial charge on any atom is 0.317 e. The number of benzene rings is 1. The Hall–Kier alpha value is -1.44. The maximum atomic E-state index is 12.1. The predicted octanol–water partition coefficient (Wildman–Crippen LogP) is 1.78. The zero-order valence-corrected chi connectivity index (χ0v) is 13.1. The fourth-order valence-electron chi connectivity index (χ4n) is 2.11. The summed E-state index contributed by atoms with van der Waals surface area (Å²) in [6.07, 6.45) is 0.301. The number of anilines is 1. The minimum Gasteiger partial charge on any atom is -0.465 e.